The Morgan fingerprint density at radius 3 is 1.44 bits per heavy atom. The van der Waals surface area contributed by atoms with Gasteiger partial charge < -0.3 is 95.8 Å². The number of phenols is 1. The molecule has 584 valence electrons. The number of likely N-dealkylation sites (tertiary alicyclic amines) is 1. The monoisotopic (exact) mass is 1540 g/mol. The Kier molecular flexibility index (Phi) is 33.4. The lowest BCUT2D eigenvalue weighted by molar-refractivity contribution is -0.142. The summed E-state index contributed by atoms with van der Waals surface area (Å²) in [5.74, 6) is -8.91. The van der Waals surface area contributed by atoms with Crippen molar-refractivity contribution in [2.45, 2.75) is 159 Å². The molecular weight excluding hydrogens is 1440 g/mol. The highest BCUT2D eigenvalue weighted by atomic mass is 35.5. The van der Waals surface area contributed by atoms with Crippen LogP contribution in [0.25, 0.3) is 10.9 Å². The summed E-state index contributed by atoms with van der Waals surface area (Å²) in [6.07, 6.45) is 1.55. The molecule has 0 aliphatic carbocycles. The lowest BCUT2D eigenvalue weighted by Crippen LogP contribution is -2.61. The number of aliphatic hydroxyl groups excluding tert-OH is 1. The number of phenolic OH excluding ortho intramolecular Hbond substituents is 1. The van der Waals surface area contributed by atoms with E-state index in [4.69, 9.17) is 40.4 Å². The molecule has 0 unspecified atom stereocenters. The summed E-state index contributed by atoms with van der Waals surface area (Å²) in [7, 11) is 0. The number of hydrogen-bond acceptors (Lipinski definition) is 15. The molecule has 31 nitrogen and oxygen atoms in total. The standard InChI is InChI=1S/C76H98Cl2N18O13/c1-5-82-76(83-6-2)85-35-12-19-56(66(101)91-59(37-46-15-8-7-9-16-46)69(104)90-57(20-13-34-84-75(80)81)74(109)96-36-14-21-64(96)73(108)87-44(3)65(79)100)89-68(103)60(40-49-26-32-53(99)33-27-49)93-72(107)63(43-97)95-71(106)62(41-50-42-86-55-18-11-10-17-54(50)55)94-70(105)61(39-48-24-30-52(78)31-25-48)92-67(102)58(88-45(4)98)38-47-22-28-51(77)29-23-47/h7-11,15-18,22-33,42,44,56-64,86,97,99H,5-6,12-14,19-21,34-41,43H2,1-4H3,(H2,79,100)(H,87,108)(H,88,98)(H,89,103)(H,90,104)(H,91,101)(H,92,102)(H,93,107)(H,94,105)(H,95,106)(H4,80,81,84)(H2,82,83,85)/t44-,56-,57+,58-,59+,60+,61-,62-,63+,64+/m1/s1. The molecule has 7 rings (SSSR count). The molecule has 11 amide bonds. The zero-order chi connectivity index (χ0) is 79.1. The number of nitrogens with two attached hydrogens (primary N) is 3. The van der Waals surface area contributed by atoms with E-state index in [2.05, 4.69) is 73.5 Å². The van der Waals surface area contributed by atoms with E-state index in [0.717, 1.165) is 0 Å². The van der Waals surface area contributed by atoms with Gasteiger partial charge in [0.25, 0.3) is 0 Å². The van der Waals surface area contributed by atoms with E-state index in [1.165, 1.54) is 43.0 Å². The van der Waals surface area contributed by atoms with Crippen molar-refractivity contribution in [1.82, 2.24) is 68.4 Å². The maximum atomic E-state index is 15.2. The van der Waals surface area contributed by atoms with E-state index in [9.17, 15) is 43.8 Å². The van der Waals surface area contributed by atoms with Gasteiger partial charge in [-0.3, -0.25) is 62.7 Å². The van der Waals surface area contributed by atoms with Crippen LogP contribution in [-0.2, 0) is 84.8 Å². The number of H-pyrrole nitrogens is 1. The van der Waals surface area contributed by atoms with Crippen molar-refractivity contribution in [3.8, 4) is 5.75 Å². The first-order chi connectivity index (χ1) is 52.2. The quantitative estimate of drug-likeness (QED) is 0.0145. The molecule has 109 heavy (non-hydrogen) atoms. The van der Waals surface area contributed by atoms with Crippen LogP contribution in [-0.4, -0.2) is 197 Å². The zero-order valence-electron chi connectivity index (χ0n) is 61.2. The van der Waals surface area contributed by atoms with Gasteiger partial charge in [-0.25, -0.2) is 0 Å². The molecule has 20 N–H and O–H groups in total. The topological polar surface area (TPSA) is 482 Å². The predicted octanol–water partition coefficient (Wildman–Crippen LogP) is 0.974. The van der Waals surface area contributed by atoms with Crippen LogP contribution in [0.5, 0.6) is 5.75 Å². The van der Waals surface area contributed by atoms with Crippen molar-refractivity contribution in [2.24, 2.45) is 27.2 Å². The molecule has 33 heteroatoms. The first-order valence-electron chi connectivity index (χ1n) is 36.1. The lowest BCUT2D eigenvalue weighted by Gasteiger charge is -2.30. The van der Waals surface area contributed by atoms with E-state index < -0.39 is 132 Å². The van der Waals surface area contributed by atoms with Crippen LogP contribution >= 0.6 is 23.2 Å². The molecule has 1 fully saturated rings. The molecule has 0 bridgehead atoms. The highest BCUT2D eigenvalue weighted by Crippen LogP contribution is 2.23. The van der Waals surface area contributed by atoms with Crippen LogP contribution in [0.2, 0.25) is 10.0 Å². The largest absolute Gasteiger partial charge is 0.508 e. The van der Waals surface area contributed by atoms with E-state index in [0.29, 0.717) is 74.2 Å². The third-order valence-electron chi connectivity index (χ3n) is 17.9. The maximum Gasteiger partial charge on any atom is 0.245 e. The van der Waals surface area contributed by atoms with Crippen molar-refractivity contribution < 1.29 is 63.0 Å². The number of aliphatic hydroxyl groups is 1. The zero-order valence-corrected chi connectivity index (χ0v) is 62.7. The molecule has 1 aromatic heterocycles. The van der Waals surface area contributed by atoms with Gasteiger partial charge in [-0.05, 0) is 130 Å². The second-order valence-electron chi connectivity index (χ2n) is 26.4. The molecule has 6 aromatic rings. The number of primary amides is 1. The first-order valence-corrected chi connectivity index (χ1v) is 36.8. The van der Waals surface area contributed by atoms with Crippen molar-refractivity contribution in [1.29, 1.82) is 0 Å². The molecule has 0 radical (unpaired) electrons. The Morgan fingerprint density at radius 1 is 0.523 bits per heavy atom. The number of guanidine groups is 2. The number of amides is 11. The van der Waals surface area contributed by atoms with Crippen molar-refractivity contribution >= 4 is 111 Å². The van der Waals surface area contributed by atoms with Crippen molar-refractivity contribution in [3.05, 3.63) is 171 Å². The molecule has 1 aliphatic rings. The van der Waals surface area contributed by atoms with Crippen LogP contribution in [0.1, 0.15) is 94.0 Å². The van der Waals surface area contributed by atoms with Gasteiger partial charge in [0.05, 0.1) is 6.61 Å². The SMILES string of the molecule is CCNC(=NCCC[C@@H](NC(=O)[C@H](Cc1ccc(O)cc1)NC(=O)[C@H](CO)NC(=O)[C@@H](Cc1c[nH]c2ccccc12)NC(=O)[C@@H](Cc1ccc(Cl)cc1)NC(=O)[C@@H](Cc1ccc(Cl)cc1)NC(C)=O)C(=O)N[C@@H](Cc1ccccc1)C(=O)N[C@@H](CCCN=C(N)N)C(=O)N1CCC[C@H]1C(=O)N[C@H](C)C(N)=O)NCC. The number of aromatic nitrogens is 1. The van der Waals surface area contributed by atoms with Crippen LogP contribution < -0.4 is 75.7 Å². The number of halogens is 2. The number of benzene rings is 5. The normalized spacial score (nSPS) is 14.9. The second kappa shape index (κ2) is 42.9. The summed E-state index contributed by atoms with van der Waals surface area (Å²) >= 11 is 12.4. The van der Waals surface area contributed by atoms with Gasteiger partial charge >= 0.3 is 0 Å². The summed E-state index contributed by atoms with van der Waals surface area (Å²) in [5, 5.41) is 53.5. The number of carbonyl (C=O) groups excluding carboxylic acids is 11. The average Bonchev–Trinajstić information content (AvgIpc) is 1.71. The number of aromatic hydroxyl groups is 1. The Bertz CT molecular complexity index is 4140. The fourth-order valence-electron chi connectivity index (χ4n) is 12.3. The first kappa shape index (κ1) is 84.9. The Morgan fingerprint density at radius 2 is 0.945 bits per heavy atom. The minimum absolute atomic E-state index is 0.00523. The molecule has 1 saturated heterocycles. The molecule has 1 aliphatic heterocycles. The fraction of sp³-hybridized carbons (Fsp3) is 0.408. The van der Waals surface area contributed by atoms with Crippen LogP contribution in [0, 0.1) is 0 Å². The summed E-state index contributed by atoms with van der Waals surface area (Å²) in [6.45, 7) is 6.64. The molecule has 10 atom stereocenters. The number of para-hydroxylation sites is 1. The summed E-state index contributed by atoms with van der Waals surface area (Å²) in [4.78, 5) is 171. The second-order valence-corrected chi connectivity index (χ2v) is 27.2. The third kappa shape index (κ3) is 27.2. The van der Waals surface area contributed by atoms with Gasteiger partial charge in [-0.1, -0.05) is 108 Å². The van der Waals surface area contributed by atoms with Gasteiger partial charge in [0.2, 0.25) is 65.0 Å². The lowest BCUT2D eigenvalue weighted by atomic mass is 10.0. The highest BCUT2D eigenvalue weighted by molar-refractivity contribution is 6.30. The summed E-state index contributed by atoms with van der Waals surface area (Å²) in [6, 6.07) is 20.5. The van der Waals surface area contributed by atoms with Gasteiger partial charge in [0.15, 0.2) is 11.9 Å². The number of aliphatic imine (C=N–C) groups is 2. The van der Waals surface area contributed by atoms with Crippen molar-refractivity contribution in [2.75, 3.05) is 39.3 Å². The van der Waals surface area contributed by atoms with Gasteiger partial charge in [0, 0.05) is 98.9 Å². The number of carbonyl (C=O) groups is 11. The number of fused-ring (bicyclic) bond motifs is 1. The Labute approximate surface area is 641 Å². The molecule has 5 aromatic carbocycles. The van der Waals surface area contributed by atoms with E-state index in [-0.39, 0.29) is 95.6 Å². The fourth-order valence-corrected chi connectivity index (χ4v) is 12.5. The van der Waals surface area contributed by atoms with E-state index >= 15 is 19.2 Å². The number of aromatic amines is 1. The third-order valence-corrected chi connectivity index (χ3v) is 18.4. The Hall–Kier alpha value is -11.3. The molecule has 0 saturated carbocycles. The number of hydrogen-bond donors (Lipinski definition) is 17. The predicted molar refractivity (Wildman–Crippen MR) is 413 cm³/mol. The van der Waals surface area contributed by atoms with Gasteiger partial charge in [-0.2, -0.15) is 0 Å². The van der Waals surface area contributed by atoms with Crippen molar-refractivity contribution in [3.63, 3.8) is 0 Å². The van der Waals surface area contributed by atoms with Crippen LogP contribution in [0.15, 0.2) is 144 Å². The average molecular weight is 1540 g/mol. The smallest absolute Gasteiger partial charge is 0.245 e. The summed E-state index contributed by atoms with van der Waals surface area (Å²) in [5.41, 5.74) is 20.0. The molecule has 2 heterocycles. The van der Waals surface area contributed by atoms with Gasteiger partial charge in [-0.15, -0.1) is 0 Å². The number of nitrogens with zero attached hydrogens (tertiary/aromatic N) is 3. The number of rotatable bonds is 40. The maximum absolute atomic E-state index is 15.2. The van der Waals surface area contributed by atoms with E-state index in [1.807, 2.05) is 13.8 Å². The Balaban J connectivity index is 1.19. The summed E-state index contributed by atoms with van der Waals surface area (Å²) < 4.78 is 0. The van der Waals surface area contributed by atoms with Crippen LogP contribution in [0.3, 0.4) is 0 Å². The minimum atomic E-state index is -1.85. The number of nitrogens with one attached hydrogen (secondary N) is 12. The molecular formula is C76H98Cl2N18O13. The van der Waals surface area contributed by atoms with E-state index in [1.54, 1.807) is 109 Å². The highest BCUT2D eigenvalue weighted by Gasteiger charge is 2.40. The minimum Gasteiger partial charge on any atom is -0.508 e. The molecule has 0 spiro atoms. The van der Waals surface area contributed by atoms with Gasteiger partial charge in [0.1, 0.15) is 66.2 Å². The van der Waals surface area contributed by atoms with Crippen LogP contribution in [0.4, 0.5) is 0 Å².